The Balaban J connectivity index is 2.38. The molecule has 1 unspecified atom stereocenters. The van der Waals surface area contributed by atoms with Crippen LogP contribution in [-0.2, 0) is 9.47 Å². The van der Waals surface area contributed by atoms with Crippen molar-refractivity contribution in [3.8, 4) is 0 Å². The molecule has 1 rings (SSSR count). The molecule has 1 aliphatic rings. The smallest absolute Gasteiger partial charge is 0.105 e. The minimum Gasteiger partial charge on any atom is -0.498 e. The molecule has 0 aromatic carbocycles. The average Bonchev–Trinajstić information content (AvgIpc) is 1.83. The second-order valence-electron chi connectivity index (χ2n) is 3.09. The lowest BCUT2D eigenvalue weighted by molar-refractivity contribution is -0.157. The van der Waals surface area contributed by atoms with Gasteiger partial charge in [0.05, 0.1) is 24.9 Å². The van der Waals surface area contributed by atoms with Crippen LogP contribution >= 0.6 is 0 Å². The Labute approximate surface area is 61.8 Å². The monoisotopic (exact) mass is 142 g/mol. The van der Waals surface area contributed by atoms with Gasteiger partial charge < -0.3 is 9.47 Å². The van der Waals surface area contributed by atoms with Gasteiger partial charge in [0.15, 0.2) is 0 Å². The van der Waals surface area contributed by atoms with E-state index in [4.69, 9.17) is 9.47 Å². The van der Waals surface area contributed by atoms with Gasteiger partial charge in [-0.3, -0.25) is 0 Å². The Bertz CT molecular complexity index is 127. The largest absolute Gasteiger partial charge is 0.498 e. The maximum absolute atomic E-state index is 5.23. The fraction of sp³-hybridized carbons (Fsp3) is 0.750. The van der Waals surface area contributed by atoms with Crippen LogP contribution in [0.1, 0.15) is 13.8 Å². The van der Waals surface area contributed by atoms with E-state index in [1.807, 2.05) is 6.92 Å². The van der Waals surface area contributed by atoms with Crippen molar-refractivity contribution in [3.05, 3.63) is 12.8 Å². The molecule has 1 aliphatic heterocycles. The van der Waals surface area contributed by atoms with Crippen molar-refractivity contribution in [2.75, 3.05) is 13.2 Å². The minimum absolute atomic E-state index is 0.216. The number of ether oxygens (including phenoxy) is 2. The molecule has 0 radical (unpaired) electrons. The van der Waals surface area contributed by atoms with E-state index in [2.05, 4.69) is 13.5 Å². The molecule has 10 heavy (non-hydrogen) atoms. The Morgan fingerprint density at radius 1 is 1.70 bits per heavy atom. The highest BCUT2D eigenvalue weighted by molar-refractivity contribution is 4.87. The van der Waals surface area contributed by atoms with Gasteiger partial charge in [-0.25, -0.2) is 0 Å². The van der Waals surface area contributed by atoms with Crippen LogP contribution in [0.3, 0.4) is 0 Å². The van der Waals surface area contributed by atoms with Crippen molar-refractivity contribution in [2.24, 2.45) is 5.41 Å². The third-order valence-corrected chi connectivity index (χ3v) is 2.15. The first-order valence-corrected chi connectivity index (χ1v) is 3.53. The molecule has 1 atom stereocenters. The van der Waals surface area contributed by atoms with Crippen LogP contribution in [0.4, 0.5) is 0 Å². The van der Waals surface area contributed by atoms with E-state index in [-0.39, 0.29) is 11.5 Å². The van der Waals surface area contributed by atoms with Crippen molar-refractivity contribution in [1.82, 2.24) is 0 Å². The maximum atomic E-state index is 5.23. The van der Waals surface area contributed by atoms with Crippen LogP contribution in [0.25, 0.3) is 0 Å². The number of hydrogen-bond donors (Lipinski definition) is 0. The SMILES string of the molecule is C=COC(C)C1(C)COC1. The molecule has 0 aromatic heterocycles. The summed E-state index contributed by atoms with van der Waals surface area (Å²) in [4.78, 5) is 0. The fourth-order valence-electron chi connectivity index (χ4n) is 0.967. The quantitative estimate of drug-likeness (QED) is 0.557. The van der Waals surface area contributed by atoms with Crippen LogP contribution in [0, 0.1) is 5.41 Å². The van der Waals surface area contributed by atoms with Gasteiger partial charge >= 0.3 is 0 Å². The topological polar surface area (TPSA) is 18.5 Å². The molecule has 1 heterocycles. The number of hydrogen-bond acceptors (Lipinski definition) is 2. The predicted octanol–water partition coefficient (Wildman–Crippen LogP) is 1.57. The predicted molar refractivity (Wildman–Crippen MR) is 39.7 cm³/mol. The highest BCUT2D eigenvalue weighted by Gasteiger charge is 2.39. The summed E-state index contributed by atoms with van der Waals surface area (Å²) in [6.07, 6.45) is 1.72. The Morgan fingerprint density at radius 3 is 2.60 bits per heavy atom. The van der Waals surface area contributed by atoms with Gasteiger partial charge in [-0.1, -0.05) is 13.5 Å². The molecule has 0 bridgehead atoms. The van der Waals surface area contributed by atoms with Crippen molar-refractivity contribution >= 4 is 0 Å². The van der Waals surface area contributed by atoms with E-state index in [9.17, 15) is 0 Å². The van der Waals surface area contributed by atoms with Crippen LogP contribution in [-0.4, -0.2) is 19.3 Å². The van der Waals surface area contributed by atoms with Crippen molar-refractivity contribution < 1.29 is 9.47 Å². The molecule has 2 nitrogen and oxygen atoms in total. The Hall–Kier alpha value is -0.500. The molecular formula is C8H14O2. The van der Waals surface area contributed by atoms with Gasteiger partial charge in [-0.15, -0.1) is 0 Å². The standard InChI is InChI=1S/C8H14O2/c1-4-10-7(2)8(3)5-9-6-8/h4,7H,1,5-6H2,2-3H3. The zero-order chi connectivity index (χ0) is 7.61. The summed E-state index contributed by atoms with van der Waals surface area (Å²) >= 11 is 0. The Kier molecular flexibility index (Phi) is 2.00. The molecule has 0 N–H and O–H groups in total. The van der Waals surface area contributed by atoms with E-state index in [0.29, 0.717) is 0 Å². The summed E-state index contributed by atoms with van der Waals surface area (Å²) in [6, 6.07) is 0. The molecular weight excluding hydrogens is 128 g/mol. The lowest BCUT2D eigenvalue weighted by Crippen LogP contribution is -2.48. The summed E-state index contributed by atoms with van der Waals surface area (Å²) in [5, 5.41) is 0. The summed E-state index contributed by atoms with van der Waals surface area (Å²) in [5.41, 5.74) is 0.216. The highest BCUT2D eigenvalue weighted by Crippen LogP contribution is 2.32. The van der Waals surface area contributed by atoms with Crippen LogP contribution in [0.2, 0.25) is 0 Å². The molecule has 1 saturated heterocycles. The minimum atomic E-state index is 0.216. The van der Waals surface area contributed by atoms with Crippen LogP contribution in [0.15, 0.2) is 12.8 Å². The number of rotatable bonds is 3. The van der Waals surface area contributed by atoms with E-state index >= 15 is 0 Å². The average molecular weight is 142 g/mol. The zero-order valence-corrected chi connectivity index (χ0v) is 6.59. The van der Waals surface area contributed by atoms with E-state index in [1.165, 1.54) is 6.26 Å². The Morgan fingerprint density at radius 2 is 2.30 bits per heavy atom. The third kappa shape index (κ3) is 1.16. The van der Waals surface area contributed by atoms with Gasteiger partial charge in [-0.05, 0) is 6.92 Å². The van der Waals surface area contributed by atoms with Gasteiger partial charge in [0, 0.05) is 0 Å². The van der Waals surface area contributed by atoms with Gasteiger partial charge in [0.2, 0.25) is 0 Å². The van der Waals surface area contributed by atoms with Gasteiger partial charge in [-0.2, -0.15) is 0 Å². The molecule has 0 amide bonds. The lowest BCUT2D eigenvalue weighted by atomic mass is 9.83. The second-order valence-corrected chi connectivity index (χ2v) is 3.09. The second kappa shape index (κ2) is 2.62. The molecule has 0 spiro atoms. The summed E-state index contributed by atoms with van der Waals surface area (Å²) < 4.78 is 10.3. The molecule has 0 aromatic rings. The van der Waals surface area contributed by atoms with Crippen LogP contribution < -0.4 is 0 Å². The molecule has 2 heteroatoms. The summed E-state index contributed by atoms with van der Waals surface area (Å²) in [6.45, 7) is 9.33. The normalized spacial score (nSPS) is 24.6. The van der Waals surface area contributed by atoms with Gasteiger partial charge in [0.1, 0.15) is 6.10 Å². The third-order valence-electron chi connectivity index (χ3n) is 2.15. The molecule has 0 aliphatic carbocycles. The van der Waals surface area contributed by atoms with Crippen molar-refractivity contribution in [3.63, 3.8) is 0 Å². The van der Waals surface area contributed by atoms with E-state index in [1.54, 1.807) is 0 Å². The molecule has 0 saturated carbocycles. The fourth-order valence-corrected chi connectivity index (χ4v) is 0.967. The maximum Gasteiger partial charge on any atom is 0.105 e. The summed E-state index contributed by atoms with van der Waals surface area (Å²) in [7, 11) is 0. The first kappa shape index (κ1) is 7.61. The van der Waals surface area contributed by atoms with Gasteiger partial charge in [0.25, 0.3) is 0 Å². The summed E-state index contributed by atoms with van der Waals surface area (Å²) in [5.74, 6) is 0. The molecule has 1 fully saturated rings. The zero-order valence-electron chi connectivity index (χ0n) is 6.59. The lowest BCUT2D eigenvalue weighted by Gasteiger charge is -2.41. The van der Waals surface area contributed by atoms with E-state index < -0.39 is 0 Å². The highest BCUT2D eigenvalue weighted by atomic mass is 16.5. The first-order chi connectivity index (χ1) is 4.69. The van der Waals surface area contributed by atoms with E-state index in [0.717, 1.165) is 13.2 Å². The van der Waals surface area contributed by atoms with Crippen molar-refractivity contribution in [1.29, 1.82) is 0 Å². The first-order valence-electron chi connectivity index (χ1n) is 3.53. The van der Waals surface area contributed by atoms with Crippen LogP contribution in [0.5, 0.6) is 0 Å². The molecule has 58 valence electrons. The van der Waals surface area contributed by atoms with Crippen molar-refractivity contribution in [2.45, 2.75) is 20.0 Å².